The average molecular weight is 212 g/mol. The van der Waals surface area contributed by atoms with Crippen LogP contribution in [0.25, 0.3) is 0 Å². The van der Waals surface area contributed by atoms with Gasteiger partial charge in [-0.2, -0.15) is 0 Å². The molecule has 1 aliphatic rings. The Hall–Kier alpha value is -1.43. The molecule has 0 radical (unpaired) electrons. The van der Waals surface area contributed by atoms with Gasteiger partial charge >= 0.3 is 5.97 Å². The molecule has 0 unspecified atom stereocenters. The van der Waals surface area contributed by atoms with Crippen molar-refractivity contribution < 1.29 is 14.7 Å². The first-order valence-corrected chi connectivity index (χ1v) is 5.02. The van der Waals surface area contributed by atoms with Gasteiger partial charge in [-0.15, -0.1) is 11.3 Å². The van der Waals surface area contributed by atoms with Gasteiger partial charge in [0, 0.05) is 18.0 Å². The van der Waals surface area contributed by atoms with Crippen molar-refractivity contribution in [2.45, 2.75) is 18.9 Å². The molecule has 1 atom stereocenters. The fourth-order valence-corrected chi connectivity index (χ4v) is 2.20. The number of hydrogen-bond acceptors (Lipinski definition) is 4. The molecule has 1 amide bonds. The largest absolute Gasteiger partial charge is 0.480 e. The summed E-state index contributed by atoms with van der Waals surface area (Å²) in [5, 5.41) is 11.1. The molecule has 0 aromatic carbocycles. The van der Waals surface area contributed by atoms with Crippen LogP contribution in [0.5, 0.6) is 0 Å². The third-order valence-electron chi connectivity index (χ3n) is 2.12. The number of aromatic nitrogens is 1. The number of carboxylic acid groups (broad SMARTS) is 1. The monoisotopic (exact) mass is 212 g/mol. The first-order valence-electron chi connectivity index (χ1n) is 4.14. The Morgan fingerprint density at radius 1 is 1.71 bits per heavy atom. The fourth-order valence-electron chi connectivity index (χ4n) is 1.49. The zero-order chi connectivity index (χ0) is 10.1. The maximum Gasteiger partial charge on any atom is 0.326 e. The van der Waals surface area contributed by atoms with Crippen LogP contribution in [-0.4, -0.2) is 28.0 Å². The van der Waals surface area contributed by atoms with Crippen LogP contribution in [0.4, 0.5) is 5.13 Å². The van der Waals surface area contributed by atoms with E-state index in [1.54, 1.807) is 11.6 Å². The van der Waals surface area contributed by atoms with Gasteiger partial charge in [0.1, 0.15) is 6.04 Å². The van der Waals surface area contributed by atoms with Crippen LogP contribution < -0.4 is 4.90 Å². The SMILES string of the molecule is O=C(O)[C@H]1CCC(=O)N1c1nccs1. The molecule has 1 N–H and O–H groups in total. The highest BCUT2D eigenvalue weighted by molar-refractivity contribution is 7.13. The Kier molecular flexibility index (Phi) is 2.20. The van der Waals surface area contributed by atoms with Gasteiger partial charge in [-0.1, -0.05) is 0 Å². The molecule has 0 spiro atoms. The molecule has 1 fully saturated rings. The number of hydrogen-bond donors (Lipinski definition) is 1. The molecule has 74 valence electrons. The van der Waals surface area contributed by atoms with Gasteiger partial charge < -0.3 is 5.11 Å². The molecular formula is C8H8N2O3S. The minimum absolute atomic E-state index is 0.160. The van der Waals surface area contributed by atoms with E-state index in [4.69, 9.17) is 5.11 Å². The van der Waals surface area contributed by atoms with Gasteiger partial charge in [0.25, 0.3) is 0 Å². The van der Waals surface area contributed by atoms with Crippen molar-refractivity contribution in [3.63, 3.8) is 0 Å². The molecule has 2 rings (SSSR count). The quantitative estimate of drug-likeness (QED) is 0.784. The maximum atomic E-state index is 11.4. The fraction of sp³-hybridized carbons (Fsp3) is 0.375. The third-order valence-corrected chi connectivity index (χ3v) is 2.89. The Morgan fingerprint density at radius 3 is 3.07 bits per heavy atom. The molecule has 1 aliphatic heterocycles. The maximum absolute atomic E-state index is 11.4. The van der Waals surface area contributed by atoms with E-state index in [0.29, 0.717) is 11.6 Å². The summed E-state index contributed by atoms with van der Waals surface area (Å²) in [6.07, 6.45) is 2.22. The van der Waals surface area contributed by atoms with Crippen molar-refractivity contribution in [1.29, 1.82) is 0 Å². The smallest absolute Gasteiger partial charge is 0.326 e. The molecule has 0 bridgehead atoms. The number of aliphatic carboxylic acids is 1. The van der Waals surface area contributed by atoms with Crippen molar-refractivity contribution >= 4 is 28.3 Å². The predicted molar refractivity (Wildman–Crippen MR) is 50.3 cm³/mol. The highest BCUT2D eigenvalue weighted by Gasteiger charge is 2.38. The standard InChI is InChI=1S/C8H8N2O3S/c11-6-2-1-5(7(12)13)10(6)8-9-3-4-14-8/h3-5H,1-2H2,(H,12,13)/t5-/m1/s1. The van der Waals surface area contributed by atoms with Crippen LogP contribution in [0.3, 0.4) is 0 Å². The molecular weight excluding hydrogens is 204 g/mol. The van der Waals surface area contributed by atoms with Crippen LogP contribution in [0.2, 0.25) is 0 Å². The average Bonchev–Trinajstić information content (AvgIpc) is 2.71. The number of anilines is 1. The summed E-state index contributed by atoms with van der Waals surface area (Å²) in [6, 6.07) is -0.742. The molecule has 5 nitrogen and oxygen atoms in total. The van der Waals surface area contributed by atoms with E-state index in [1.165, 1.54) is 16.2 Å². The predicted octanol–water partition coefficient (Wildman–Crippen LogP) is 0.723. The summed E-state index contributed by atoms with van der Waals surface area (Å²) in [6.45, 7) is 0. The van der Waals surface area contributed by atoms with Crippen molar-refractivity contribution in [2.75, 3.05) is 4.90 Å². The van der Waals surface area contributed by atoms with Crippen LogP contribution >= 0.6 is 11.3 Å². The van der Waals surface area contributed by atoms with E-state index < -0.39 is 12.0 Å². The van der Waals surface area contributed by atoms with Gasteiger partial charge in [-0.3, -0.25) is 9.69 Å². The highest BCUT2D eigenvalue weighted by atomic mass is 32.1. The molecule has 14 heavy (non-hydrogen) atoms. The van der Waals surface area contributed by atoms with E-state index in [2.05, 4.69) is 4.98 Å². The number of nitrogens with zero attached hydrogens (tertiary/aromatic N) is 2. The van der Waals surface area contributed by atoms with E-state index in [1.807, 2.05) is 0 Å². The second kappa shape index (κ2) is 3.38. The van der Waals surface area contributed by atoms with E-state index in [0.717, 1.165) is 0 Å². The Balaban J connectivity index is 2.31. The van der Waals surface area contributed by atoms with E-state index in [-0.39, 0.29) is 12.3 Å². The summed E-state index contributed by atoms with van der Waals surface area (Å²) < 4.78 is 0. The molecule has 1 aromatic rings. The second-order valence-electron chi connectivity index (χ2n) is 2.97. The van der Waals surface area contributed by atoms with Crippen LogP contribution in [0.1, 0.15) is 12.8 Å². The van der Waals surface area contributed by atoms with Gasteiger partial charge in [0.2, 0.25) is 5.91 Å². The summed E-state index contributed by atoms with van der Waals surface area (Å²) in [4.78, 5) is 27.5. The lowest BCUT2D eigenvalue weighted by molar-refractivity contribution is -0.138. The van der Waals surface area contributed by atoms with Crippen molar-refractivity contribution in [3.05, 3.63) is 11.6 Å². The minimum Gasteiger partial charge on any atom is -0.480 e. The van der Waals surface area contributed by atoms with Gasteiger partial charge in [0.05, 0.1) is 0 Å². The summed E-state index contributed by atoms with van der Waals surface area (Å²) in [5.74, 6) is -1.13. The normalized spacial score (nSPS) is 21.6. The number of carbonyl (C=O) groups excluding carboxylic acids is 1. The van der Waals surface area contributed by atoms with Gasteiger partial charge in [-0.05, 0) is 6.42 Å². The number of thiazole rings is 1. The molecule has 2 heterocycles. The topological polar surface area (TPSA) is 70.5 Å². The number of rotatable bonds is 2. The highest BCUT2D eigenvalue weighted by Crippen LogP contribution is 2.28. The Labute approximate surface area is 84.0 Å². The summed E-state index contributed by atoms with van der Waals surface area (Å²) in [5.41, 5.74) is 0. The summed E-state index contributed by atoms with van der Waals surface area (Å²) >= 11 is 1.28. The van der Waals surface area contributed by atoms with E-state index >= 15 is 0 Å². The second-order valence-corrected chi connectivity index (χ2v) is 3.84. The number of amides is 1. The number of carbonyl (C=O) groups is 2. The Morgan fingerprint density at radius 2 is 2.50 bits per heavy atom. The molecule has 0 aliphatic carbocycles. The van der Waals surface area contributed by atoms with Crippen molar-refractivity contribution in [1.82, 2.24) is 4.98 Å². The third kappa shape index (κ3) is 1.37. The summed E-state index contributed by atoms with van der Waals surface area (Å²) in [7, 11) is 0. The van der Waals surface area contributed by atoms with Crippen molar-refractivity contribution in [2.24, 2.45) is 0 Å². The van der Waals surface area contributed by atoms with Crippen LogP contribution in [0.15, 0.2) is 11.6 Å². The van der Waals surface area contributed by atoms with Crippen molar-refractivity contribution in [3.8, 4) is 0 Å². The van der Waals surface area contributed by atoms with Crippen LogP contribution in [0, 0.1) is 0 Å². The lowest BCUT2D eigenvalue weighted by atomic mass is 10.2. The first-order chi connectivity index (χ1) is 6.70. The lowest BCUT2D eigenvalue weighted by Gasteiger charge is -2.17. The molecule has 6 heteroatoms. The molecule has 0 saturated carbocycles. The zero-order valence-electron chi connectivity index (χ0n) is 7.21. The van der Waals surface area contributed by atoms with E-state index in [9.17, 15) is 9.59 Å². The van der Waals surface area contributed by atoms with Crippen LogP contribution in [-0.2, 0) is 9.59 Å². The van der Waals surface area contributed by atoms with Gasteiger partial charge in [-0.25, -0.2) is 9.78 Å². The number of carboxylic acids is 1. The Bertz CT molecular complexity index is 363. The minimum atomic E-state index is -0.967. The van der Waals surface area contributed by atoms with Gasteiger partial charge in [0.15, 0.2) is 5.13 Å². The molecule has 1 aromatic heterocycles. The molecule has 1 saturated heterocycles. The first kappa shape index (κ1) is 9.14. The zero-order valence-corrected chi connectivity index (χ0v) is 8.03. The lowest BCUT2D eigenvalue weighted by Crippen LogP contribution is -2.38.